The van der Waals surface area contributed by atoms with Crippen molar-refractivity contribution in [2.24, 2.45) is 5.14 Å². The van der Waals surface area contributed by atoms with Crippen LogP contribution in [0, 0.1) is 0 Å². The Kier molecular flexibility index (Phi) is 3.52. The van der Waals surface area contributed by atoms with Gasteiger partial charge in [-0.15, -0.1) is 11.3 Å². The van der Waals surface area contributed by atoms with Gasteiger partial charge in [-0.05, 0) is 19.0 Å². The molecule has 0 saturated heterocycles. The Balaban J connectivity index is 2.57. The number of thiophene rings is 1. The maximum absolute atomic E-state index is 12.7. The fourth-order valence-corrected chi connectivity index (χ4v) is 6.44. The van der Waals surface area contributed by atoms with Gasteiger partial charge in [-0.1, -0.05) is 6.85 Å². The molecule has 0 saturated carbocycles. The molecule has 0 amide bonds. The molecule has 1 aliphatic rings. The van der Waals surface area contributed by atoms with E-state index in [2.05, 4.69) is 5.32 Å². The molecule has 126 valence electrons. The summed E-state index contributed by atoms with van der Waals surface area (Å²) >= 11 is 0.415. The summed E-state index contributed by atoms with van der Waals surface area (Å²) in [6, 6.07) is -0.104. The van der Waals surface area contributed by atoms with E-state index >= 15 is 0 Å². The van der Waals surface area contributed by atoms with Gasteiger partial charge in [0.15, 0.2) is 0 Å². The Bertz CT molecular complexity index is 913. The number of hydrogen-bond donors (Lipinski definition) is 3. The first kappa shape index (κ1) is 11.9. The minimum absolute atomic E-state index is 0.0580. The highest BCUT2D eigenvalue weighted by Gasteiger charge is 2.39. The van der Waals surface area contributed by atoms with Gasteiger partial charge in [0.2, 0.25) is 10.0 Å². The fraction of sp³-hybridized carbons (Fsp3) is 0.636. The fourth-order valence-electron chi connectivity index (χ4n) is 2.14. The third-order valence-electron chi connectivity index (χ3n) is 3.13. The molecule has 4 N–H and O–H groups in total. The Morgan fingerprint density at radius 1 is 1.68 bits per heavy atom. The van der Waals surface area contributed by atoms with Crippen molar-refractivity contribution in [3.05, 3.63) is 11.6 Å². The molecule has 0 bridgehead atoms. The maximum Gasteiger partial charge on any atom is 0.252 e. The van der Waals surface area contributed by atoms with E-state index in [1.54, 1.807) is 0 Å². The number of nitrogens with two attached hydrogens (primary N) is 1. The summed E-state index contributed by atoms with van der Waals surface area (Å²) in [7, 11) is -8.31. The number of primary sulfonamides is 1. The van der Waals surface area contributed by atoms with Gasteiger partial charge in [-0.2, -0.15) is 4.31 Å². The first-order chi connectivity index (χ1) is 12.1. The highest BCUT2D eigenvalue weighted by Crippen LogP contribution is 2.39. The second kappa shape index (κ2) is 6.51. The van der Waals surface area contributed by atoms with Crippen LogP contribution in [0.4, 0.5) is 0 Å². The number of likely N-dealkylation sites (N-methyl/N-ethyl adjacent to an activating group) is 1. The normalized spacial score (nSPS) is 26.3. The first-order valence-corrected chi connectivity index (χ1v) is 9.97. The van der Waals surface area contributed by atoms with Crippen LogP contribution in [0.5, 0.6) is 0 Å². The molecule has 1 aliphatic heterocycles. The van der Waals surface area contributed by atoms with E-state index in [-0.39, 0.29) is 35.9 Å². The minimum Gasteiger partial charge on any atom is -0.396 e. The Morgan fingerprint density at radius 2 is 2.41 bits per heavy atom. The second-order valence-electron chi connectivity index (χ2n) is 4.62. The molecule has 0 spiro atoms. The molecule has 0 unspecified atom stereocenters. The summed E-state index contributed by atoms with van der Waals surface area (Å²) in [5.74, 6) is 0. The van der Waals surface area contributed by atoms with E-state index in [1.165, 1.54) is 0 Å². The zero-order valence-electron chi connectivity index (χ0n) is 16.3. The Labute approximate surface area is 141 Å². The average molecular weight is 375 g/mol. The van der Waals surface area contributed by atoms with E-state index in [9.17, 15) is 16.8 Å². The van der Waals surface area contributed by atoms with Gasteiger partial charge in [0.05, 0.1) is 0 Å². The largest absolute Gasteiger partial charge is 0.396 e. The van der Waals surface area contributed by atoms with Crippen molar-refractivity contribution in [1.82, 2.24) is 9.62 Å². The monoisotopic (exact) mass is 374 g/mol. The van der Waals surface area contributed by atoms with Crippen molar-refractivity contribution < 1.29 is 28.8 Å². The van der Waals surface area contributed by atoms with Gasteiger partial charge in [-0.3, -0.25) is 0 Å². The minimum atomic E-state index is -4.21. The van der Waals surface area contributed by atoms with Crippen molar-refractivity contribution in [2.75, 3.05) is 26.2 Å². The topological polar surface area (TPSA) is 130 Å². The van der Waals surface area contributed by atoms with Crippen LogP contribution < -0.4 is 10.5 Å². The van der Waals surface area contributed by atoms with Gasteiger partial charge >= 0.3 is 0 Å². The van der Waals surface area contributed by atoms with Crippen LogP contribution in [0.25, 0.3) is 0 Å². The number of rotatable bonds is 6. The summed E-state index contributed by atoms with van der Waals surface area (Å²) in [6.45, 7) is -6.62. The van der Waals surface area contributed by atoms with Crippen LogP contribution in [0.1, 0.15) is 31.7 Å². The molecular weight excluding hydrogens is 350 g/mol. The number of fused-ring (bicyclic) bond motifs is 1. The molecule has 2 heterocycles. The third-order valence-corrected chi connectivity index (χ3v) is 8.09. The molecule has 1 aromatic heterocycles. The van der Waals surface area contributed by atoms with E-state index in [0.29, 0.717) is 11.3 Å². The number of aliphatic hydroxyl groups excluding tert-OH is 1. The number of hydrogen-bond acceptors (Lipinski definition) is 7. The SMILES string of the molecule is [2H]C([2H])([2H])C([2H])([2H])N[C@H]1CN(CCCO)S(=O)(=O)c2sc(S(N)(=O)=O)cc21. The van der Waals surface area contributed by atoms with Crippen LogP contribution in [-0.2, 0) is 20.0 Å². The number of sulfonamides is 2. The van der Waals surface area contributed by atoms with E-state index in [1.807, 2.05) is 0 Å². The second-order valence-corrected chi connectivity index (χ2v) is 9.59. The van der Waals surface area contributed by atoms with Gasteiger partial charge in [0.1, 0.15) is 8.42 Å². The first-order valence-electron chi connectivity index (χ1n) is 8.66. The molecule has 22 heavy (non-hydrogen) atoms. The van der Waals surface area contributed by atoms with Crippen LogP contribution in [-0.4, -0.2) is 52.4 Å². The van der Waals surface area contributed by atoms with Gasteiger partial charge < -0.3 is 10.4 Å². The molecule has 1 aromatic rings. The summed E-state index contributed by atoms with van der Waals surface area (Å²) in [4.78, 5) is 0. The lowest BCUT2D eigenvalue weighted by molar-refractivity contribution is 0.260. The number of nitrogens with one attached hydrogen (secondary N) is 1. The zero-order valence-corrected chi connectivity index (χ0v) is 13.8. The standard InChI is InChI=1S/C11H19N3O5S3/c1-2-13-9-7-14(4-3-5-15)22(18,19)11-8(9)6-10(20-11)21(12,16)17/h6,9,13,15H,2-5,7H2,1H3,(H2,12,16,17)/t9-/m0/s1/i1D3,2D2. The van der Waals surface area contributed by atoms with Crippen molar-refractivity contribution in [3.63, 3.8) is 0 Å². The quantitative estimate of drug-likeness (QED) is 0.611. The van der Waals surface area contributed by atoms with Crippen molar-refractivity contribution in [3.8, 4) is 0 Å². The summed E-state index contributed by atoms with van der Waals surface area (Å²) < 4.78 is 86.3. The van der Waals surface area contributed by atoms with Gasteiger partial charge in [0.25, 0.3) is 10.0 Å². The highest BCUT2D eigenvalue weighted by molar-refractivity contribution is 7.94. The molecular formula is C11H19N3O5S3. The van der Waals surface area contributed by atoms with Crippen molar-refractivity contribution in [1.29, 1.82) is 0 Å². The molecule has 0 radical (unpaired) electrons. The smallest absolute Gasteiger partial charge is 0.252 e. The van der Waals surface area contributed by atoms with Crippen molar-refractivity contribution in [2.45, 2.75) is 27.7 Å². The molecule has 0 aromatic carbocycles. The molecule has 11 heteroatoms. The molecule has 1 atom stereocenters. The third kappa shape index (κ3) is 3.35. The zero-order chi connectivity index (χ0) is 20.8. The lowest BCUT2D eigenvalue weighted by Crippen LogP contribution is -2.43. The lowest BCUT2D eigenvalue weighted by Gasteiger charge is -2.32. The summed E-state index contributed by atoms with van der Waals surface area (Å²) in [5, 5.41) is 16.3. The highest BCUT2D eigenvalue weighted by atomic mass is 32.3. The molecule has 2 rings (SSSR count). The molecule has 0 aliphatic carbocycles. The Hall–Kier alpha value is -0.560. The average Bonchev–Trinajstić information content (AvgIpc) is 2.94. The van der Waals surface area contributed by atoms with Crippen LogP contribution in [0.3, 0.4) is 0 Å². The summed E-state index contributed by atoms with van der Waals surface area (Å²) in [6.07, 6.45) is 0.0981. The van der Waals surface area contributed by atoms with Gasteiger partial charge in [-0.25, -0.2) is 22.0 Å². The van der Waals surface area contributed by atoms with Gasteiger partial charge in [0, 0.05) is 38.2 Å². The predicted molar refractivity (Wildman–Crippen MR) is 82.6 cm³/mol. The summed E-state index contributed by atoms with van der Waals surface area (Å²) in [5.41, 5.74) is -0.0580. The maximum atomic E-state index is 12.7. The Morgan fingerprint density at radius 3 is 3.00 bits per heavy atom. The predicted octanol–water partition coefficient (Wildman–Crippen LogP) is -0.567. The number of nitrogens with zero attached hydrogens (tertiary/aromatic N) is 1. The van der Waals surface area contributed by atoms with E-state index < -0.39 is 43.6 Å². The van der Waals surface area contributed by atoms with Crippen LogP contribution in [0.2, 0.25) is 0 Å². The molecule has 0 fully saturated rings. The van der Waals surface area contributed by atoms with Crippen molar-refractivity contribution >= 4 is 31.4 Å². The van der Waals surface area contributed by atoms with E-state index in [4.69, 9.17) is 17.1 Å². The lowest BCUT2D eigenvalue weighted by atomic mass is 10.1. The van der Waals surface area contributed by atoms with E-state index in [0.717, 1.165) is 10.4 Å². The van der Waals surface area contributed by atoms with Crippen LogP contribution >= 0.6 is 11.3 Å². The van der Waals surface area contributed by atoms with Crippen LogP contribution in [0.15, 0.2) is 14.5 Å². The number of aliphatic hydroxyl groups is 1. The molecule has 8 nitrogen and oxygen atoms in total.